The first-order valence-electron chi connectivity index (χ1n) is 9.06. The summed E-state index contributed by atoms with van der Waals surface area (Å²) in [5.41, 5.74) is 4.51. The topological polar surface area (TPSA) is 53.4 Å². The molecule has 0 spiro atoms. The van der Waals surface area contributed by atoms with Gasteiger partial charge in [0.05, 0.1) is 22.9 Å². The van der Waals surface area contributed by atoms with E-state index in [9.17, 15) is 9.90 Å². The molecule has 2 aromatic carbocycles. The maximum absolute atomic E-state index is 13.2. The lowest BCUT2D eigenvalue weighted by atomic mass is 10.0. The van der Waals surface area contributed by atoms with Crippen LogP contribution in [0.3, 0.4) is 0 Å². The zero-order valence-corrected chi connectivity index (χ0v) is 14.9. The summed E-state index contributed by atoms with van der Waals surface area (Å²) in [5.74, 6) is 0.0175. The normalized spacial score (nSPS) is 15.4. The summed E-state index contributed by atoms with van der Waals surface area (Å²) in [4.78, 5) is 19.8. The molecule has 3 aromatic rings. The van der Waals surface area contributed by atoms with Gasteiger partial charge in [-0.2, -0.15) is 0 Å². The minimum Gasteiger partial charge on any atom is -0.393 e. The maximum atomic E-state index is 13.2. The number of rotatable bonds is 2. The molecule has 1 N–H and O–H groups in total. The van der Waals surface area contributed by atoms with Crippen LogP contribution in [0.2, 0.25) is 0 Å². The van der Waals surface area contributed by atoms with Crippen molar-refractivity contribution in [1.29, 1.82) is 0 Å². The van der Waals surface area contributed by atoms with Crippen molar-refractivity contribution in [1.82, 2.24) is 9.88 Å². The average molecular weight is 346 g/mol. The molecular weight excluding hydrogens is 324 g/mol. The molecule has 1 saturated heterocycles. The largest absolute Gasteiger partial charge is 0.393 e. The van der Waals surface area contributed by atoms with E-state index in [4.69, 9.17) is 4.98 Å². The number of aliphatic hydroxyl groups is 1. The van der Waals surface area contributed by atoms with Gasteiger partial charge in [0.1, 0.15) is 0 Å². The molecule has 2 heterocycles. The Morgan fingerprint density at radius 2 is 1.77 bits per heavy atom. The number of hydrogen-bond donors (Lipinski definition) is 1. The number of benzene rings is 2. The minimum atomic E-state index is -0.295. The number of carbonyl (C=O) groups is 1. The van der Waals surface area contributed by atoms with Crippen molar-refractivity contribution >= 4 is 16.8 Å². The summed E-state index contributed by atoms with van der Waals surface area (Å²) >= 11 is 0. The number of pyridine rings is 1. The molecule has 0 saturated carbocycles. The quantitative estimate of drug-likeness (QED) is 0.768. The van der Waals surface area contributed by atoms with E-state index in [1.54, 1.807) is 0 Å². The third-order valence-corrected chi connectivity index (χ3v) is 5.05. The molecule has 4 nitrogen and oxygen atoms in total. The summed E-state index contributed by atoms with van der Waals surface area (Å²) in [5, 5.41) is 10.6. The molecule has 0 atom stereocenters. The Morgan fingerprint density at radius 3 is 2.50 bits per heavy atom. The van der Waals surface area contributed by atoms with Crippen LogP contribution in [-0.4, -0.2) is 40.1 Å². The van der Waals surface area contributed by atoms with Gasteiger partial charge in [-0.1, -0.05) is 48.0 Å². The molecule has 1 aromatic heterocycles. The third-order valence-electron chi connectivity index (χ3n) is 5.05. The van der Waals surface area contributed by atoms with Crippen LogP contribution < -0.4 is 0 Å². The smallest absolute Gasteiger partial charge is 0.254 e. The van der Waals surface area contributed by atoms with Gasteiger partial charge >= 0.3 is 0 Å². The number of hydrogen-bond acceptors (Lipinski definition) is 3. The monoisotopic (exact) mass is 346 g/mol. The van der Waals surface area contributed by atoms with Gasteiger partial charge in [-0.05, 0) is 31.9 Å². The van der Waals surface area contributed by atoms with Crippen molar-refractivity contribution in [2.75, 3.05) is 13.1 Å². The Morgan fingerprint density at radius 1 is 1.08 bits per heavy atom. The Hall–Kier alpha value is -2.72. The van der Waals surface area contributed by atoms with E-state index >= 15 is 0 Å². The van der Waals surface area contributed by atoms with Gasteiger partial charge in [-0.25, -0.2) is 4.98 Å². The summed E-state index contributed by atoms with van der Waals surface area (Å²) in [6.07, 6.45) is 0.982. The molecule has 4 rings (SSSR count). The first-order valence-corrected chi connectivity index (χ1v) is 9.06. The first kappa shape index (κ1) is 16.7. The van der Waals surface area contributed by atoms with Crippen LogP contribution in [0.25, 0.3) is 22.2 Å². The van der Waals surface area contributed by atoms with Gasteiger partial charge in [0, 0.05) is 24.0 Å². The summed E-state index contributed by atoms with van der Waals surface area (Å²) in [7, 11) is 0. The maximum Gasteiger partial charge on any atom is 0.254 e. The van der Waals surface area contributed by atoms with Gasteiger partial charge in [-0.3, -0.25) is 4.79 Å². The van der Waals surface area contributed by atoms with Gasteiger partial charge in [0.15, 0.2) is 0 Å². The number of aliphatic hydroxyl groups excluding tert-OH is 1. The summed E-state index contributed by atoms with van der Waals surface area (Å²) in [6, 6.07) is 17.9. The lowest BCUT2D eigenvalue weighted by Gasteiger charge is -2.30. The second-order valence-electron chi connectivity index (χ2n) is 6.96. The van der Waals surface area contributed by atoms with Crippen molar-refractivity contribution in [2.24, 2.45) is 0 Å². The predicted molar refractivity (Wildman–Crippen MR) is 103 cm³/mol. The molecule has 1 amide bonds. The zero-order valence-electron chi connectivity index (χ0n) is 14.9. The van der Waals surface area contributed by atoms with E-state index in [0.29, 0.717) is 31.5 Å². The molecule has 1 aliphatic rings. The standard InChI is InChI=1S/C22H22N2O2/c1-15-6-8-16(9-7-15)21-14-19(18-4-2-3-5-20(18)23-21)22(26)24-12-10-17(25)11-13-24/h2-9,14,17,25H,10-13H2,1H3. The highest BCUT2D eigenvalue weighted by Crippen LogP contribution is 2.27. The summed E-state index contributed by atoms with van der Waals surface area (Å²) in [6.45, 7) is 3.24. The minimum absolute atomic E-state index is 0.0175. The number of carbonyl (C=O) groups excluding carboxylic acids is 1. The van der Waals surface area contributed by atoms with E-state index in [2.05, 4.69) is 19.1 Å². The Balaban J connectivity index is 1.79. The van der Waals surface area contributed by atoms with Gasteiger partial charge in [0.25, 0.3) is 5.91 Å². The predicted octanol–water partition coefficient (Wildman–Crippen LogP) is 3.81. The fourth-order valence-electron chi connectivity index (χ4n) is 3.46. The number of aryl methyl sites for hydroxylation is 1. The molecule has 0 radical (unpaired) electrons. The number of piperidine rings is 1. The van der Waals surface area contributed by atoms with Crippen LogP contribution in [-0.2, 0) is 0 Å². The Bertz CT molecular complexity index is 942. The molecule has 0 bridgehead atoms. The third kappa shape index (κ3) is 3.20. The highest BCUT2D eigenvalue weighted by Gasteiger charge is 2.24. The molecule has 0 aliphatic carbocycles. The molecule has 26 heavy (non-hydrogen) atoms. The number of fused-ring (bicyclic) bond motifs is 1. The van der Waals surface area contributed by atoms with E-state index < -0.39 is 0 Å². The molecule has 1 aliphatic heterocycles. The van der Waals surface area contributed by atoms with Crippen LogP contribution in [0.5, 0.6) is 0 Å². The number of amides is 1. The lowest BCUT2D eigenvalue weighted by Crippen LogP contribution is -2.40. The van der Waals surface area contributed by atoms with Gasteiger partial charge in [-0.15, -0.1) is 0 Å². The van der Waals surface area contributed by atoms with Crippen molar-refractivity contribution in [3.8, 4) is 11.3 Å². The van der Waals surface area contributed by atoms with Gasteiger partial charge < -0.3 is 10.0 Å². The van der Waals surface area contributed by atoms with E-state index in [1.165, 1.54) is 5.56 Å². The molecule has 4 heteroatoms. The number of likely N-dealkylation sites (tertiary alicyclic amines) is 1. The lowest BCUT2D eigenvalue weighted by molar-refractivity contribution is 0.0548. The highest BCUT2D eigenvalue weighted by atomic mass is 16.3. The second-order valence-corrected chi connectivity index (χ2v) is 6.96. The zero-order chi connectivity index (χ0) is 18.1. The Kier molecular flexibility index (Phi) is 4.43. The van der Waals surface area contributed by atoms with E-state index in [1.807, 2.05) is 47.4 Å². The van der Waals surface area contributed by atoms with Crippen LogP contribution in [0.4, 0.5) is 0 Å². The van der Waals surface area contributed by atoms with Crippen molar-refractivity contribution in [3.63, 3.8) is 0 Å². The Labute approximate surface area is 153 Å². The molecule has 1 fully saturated rings. The first-order chi connectivity index (χ1) is 12.6. The molecule has 0 unspecified atom stereocenters. The van der Waals surface area contributed by atoms with Crippen LogP contribution >= 0.6 is 0 Å². The van der Waals surface area contributed by atoms with E-state index in [0.717, 1.165) is 22.2 Å². The number of para-hydroxylation sites is 1. The van der Waals surface area contributed by atoms with Crippen LogP contribution in [0.1, 0.15) is 28.8 Å². The van der Waals surface area contributed by atoms with Crippen LogP contribution in [0.15, 0.2) is 54.6 Å². The van der Waals surface area contributed by atoms with E-state index in [-0.39, 0.29) is 12.0 Å². The SMILES string of the molecule is Cc1ccc(-c2cc(C(=O)N3CCC(O)CC3)c3ccccc3n2)cc1. The van der Waals surface area contributed by atoms with Crippen molar-refractivity contribution in [3.05, 3.63) is 65.7 Å². The fraction of sp³-hybridized carbons (Fsp3) is 0.273. The van der Waals surface area contributed by atoms with Crippen molar-refractivity contribution < 1.29 is 9.90 Å². The highest BCUT2D eigenvalue weighted by molar-refractivity contribution is 6.07. The number of nitrogens with zero attached hydrogens (tertiary/aromatic N) is 2. The summed E-state index contributed by atoms with van der Waals surface area (Å²) < 4.78 is 0. The fourth-order valence-corrected chi connectivity index (χ4v) is 3.46. The van der Waals surface area contributed by atoms with Crippen molar-refractivity contribution in [2.45, 2.75) is 25.9 Å². The molecular formula is C22H22N2O2. The van der Waals surface area contributed by atoms with Crippen LogP contribution in [0, 0.1) is 6.92 Å². The molecule has 132 valence electrons. The van der Waals surface area contributed by atoms with Gasteiger partial charge in [0.2, 0.25) is 0 Å². The second kappa shape index (κ2) is 6.89. The average Bonchev–Trinajstić information content (AvgIpc) is 2.68. The number of aromatic nitrogens is 1.